The molecule has 1 aliphatic heterocycles. The molecule has 4 rings (SSSR count). The number of fused-ring (bicyclic) bond motifs is 1. The molecule has 2 unspecified atom stereocenters. The third-order valence-electron chi connectivity index (χ3n) is 4.66. The SMILES string of the molecule is CC1(C)C2CC=C(CC3SCSCS3)C1C2. The van der Waals surface area contributed by atoms with Gasteiger partial charge in [-0.2, -0.15) is 0 Å². The molecule has 1 saturated heterocycles. The highest BCUT2D eigenvalue weighted by Crippen LogP contribution is 2.60. The van der Waals surface area contributed by atoms with Gasteiger partial charge in [-0.05, 0) is 36.5 Å². The van der Waals surface area contributed by atoms with Gasteiger partial charge in [0.1, 0.15) is 0 Å². The van der Waals surface area contributed by atoms with Gasteiger partial charge in [-0.1, -0.05) is 25.5 Å². The first-order valence-corrected chi connectivity index (χ1v) is 9.43. The molecule has 0 nitrogen and oxygen atoms in total. The molecule has 2 fully saturated rings. The molecule has 0 amide bonds. The minimum absolute atomic E-state index is 0.614. The van der Waals surface area contributed by atoms with Crippen LogP contribution in [-0.2, 0) is 0 Å². The molecule has 0 aromatic rings. The van der Waals surface area contributed by atoms with Crippen LogP contribution >= 0.6 is 35.3 Å². The zero-order valence-electron chi connectivity index (χ0n) is 10.1. The second-order valence-corrected chi connectivity index (χ2v) is 10.1. The molecule has 90 valence electrons. The lowest BCUT2D eigenvalue weighted by atomic mass is 9.48. The Morgan fingerprint density at radius 1 is 1.31 bits per heavy atom. The summed E-state index contributed by atoms with van der Waals surface area (Å²) in [5, 5.41) is 2.61. The monoisotopic (exact) mass is 272 g/mol. The van der Waals surface area contributed by atoms with Crippen molar-refractivity contribution in [3.63, 3.8) is 0 Å². The van der Waals surface area contributed by atoms with Gasteiger partial charge in [0.2, 0.25) is 0 Å². The van der Waals surface area contributed by atoms with Crippen LogP contribution in [0.15, 0.2) is 11.6 Å². The van der Waals surface area contributed by atoms with E-state index in [4.69, 9.17) is 0 Å². The van der Waals surface area contributed by atoms with Crippen LogP contribution in [0.1, 0.15) is 33.1 Å². The Hall–Kier alpha value is 0.790. The Kier molecular flexibility index (Phi) is 3.31. The van der Waals surface area contributed by atoms with Gasteiger partial charge in [-0.15, -0.1) is 35.3 Å². The molecule has 4 aliphatic rings. The number of hydrogen-bond donors (Lipinski definition) is 0. The lowest BCUT2D eigenvalue weighted by Crippen LogP contribution is -2.48. The normalized spacial score (nSPS) is 37.8. The van der Waals surface area contributed by atoms with E-state index in [0.29, 0.717) is 5.41 Å². The fraction of sp³-hybridized carbons (Fsp3) is 0.846. The molecule has 3 aliphatic carbocycles. The van der Waals surface area contributed by atoms with Crippen LogP contribution in [0.3, 0.4) is 0 Å². The van der Waals surface area contributed by atoms with Gasteiger partial charge >= 0.3 is 0 Å². The predicted molar refractivity (Wildman–Crippen MR) is 79.0 cm³/mol. The zero-order valence-corrected chi connectivity index (χ0v) is 12.5. The molecule has 2 atom stereocenters. The molecular weight excluding hydrogens is 252 g/mol. The molecule has 0 N–H and O–H groups in total. The van der Waals surface area contributed by atoms with Crippen molar-refractivity contribution in [2.75, 3.05) is 10.2 Å². The maximum atomic E-state index is 2.58. The molecule has 0 spiro atoms. The second kappa shape index (κ2) is 4.47. The van der Waals surface area contributed by atoms with Crippen LogP contribution < -0.4 is 0 Å². The van der Waals surface area contributed by atoms with Crippen molar-refractivity contribution in [3.8, 4) is 0 Å². The smallest absolute Gasteiger partial charge is 0.0556 e. The highest BCUT2D eigenvalue weighted by molar-refractivity contribution is 8.32. The summed E-state index contributed by atoms with van der Waals surface area (Å²) in [5.74, 6) is 1.91. The number of rotatable bonds is 2. The molecule has 0 radical (unpaired) electrons. The molecule has 0 aromatic carbocycles. The van der Waals surface area contributed by atoms with Crippen molar-refractivity contribution >= 4 is 35.3 Å². The third-order valence-corrected chi connectivity index (χ3v) is 8.97. The van der Waals surface area contributed by atoms with Gasteiger partial charge in [-0.3, -0.25) is 0 Å². The van der Waals surface area contributed by atoms with Crippen molar-refractivity contribution in [2.24, 2.45) is 17.3 Å². The van der Waals surface area contributed by atoms with E-state index < -0.39 is 0 Å². The predicted octanol–water partition coefficient (Wildman–Crippen LogP) is 4.82. The molecular formula is C13H20S3. The van der Waals surface area contributed by atoms with Gasteiger partial charge < -0.3 is 0 Å². The van der Waals surface area contributed by atoms with E-state index in [1.807, 2.05) is 0 Å². The fourth-order valence-corrected chi connectivity index (χ4v) is 8.22. The van der Waals surface area contributed by atoms with E-state index in [0.717, 1.165) is 16.4 Å². The van der Waals surface area contributed by atoms with E-state index in [2.05, 4.69) is 55.2 Å². The van der Waals surface area contributed by atoms with Crippen LogP contribution in [0.25, 0.3) is 0 Å². The summed E-state index contributed by atoms with van der Waals surface area (Å²) in [7, 11) is 0. The fourth-order valence-electron chi connectivity index (χ4n) is 3.35. The molecule has 16 heavy (non-hydrogen) atoms. The second-order valence-electron chi connectivity index (χ2n) is 5.73. The lowest BCUT2D eigenvalue weighted by molar-refractivity contribution is -0.00782. The third kappa shape index (κ3) is 1.97. The van der Waals surface area contributed by atoms with Crippen molar-refractivity contribution < 1.29 is 0 Å². The summed E-state index contributed by atoms with van der Waals surface area (Å²) in [5.41, 5.74) is 2.41. The Morgan fingerprint density at radius 2 is 2.06 bits per heavy atom. The Labute approximate surface area is 112 Å². The topological polar surface area (TPSA) is 0 Å². The largest absolute Gasteiger partial charge is 0.140 e. The lowest BCUT2D eigenvalue weighted by Gasteiger charge is -2.57. The highest BCUT2D eigenvalue weighted by Gasteiger charge is 2.51. The van der Waals surface area contributed by atoms with E-state index >= 15 is 0 Å². The van der Waals surface area contributed by atoms with E-state index in [1.54, 1.807) is 5.57 Å². The minimum Gasteiger partial charge on any atom is -0.140 e. The van der Waals surface area contributed by atoms with Crippen LogP contribution in [-0.4, -0.2) is 14.8 Å². The average molecular weight is 273 g/mol. The Bertz CT molecular complexity index is 302. The van der Waals surface area contributed by atoms with Crippen molar-refractivity contribution in [3.05, 3.63) is 11.6 Å². The molecule has 3 heteroatoms. The van der Waals surface area contributed by atoms with E-state index in [-0.39, 0.29) is 0 Å². The first kappa shape index (κ1) is 11.9. The zero-order chi connectivity index (χ0) is 11.2. The number of thioether (sulfide) groups is 3. The van der Waals surface area contributed by atoms with Crippen LogP contribution in [0, 0.1) is 17.3 Å². The minimum atomic E-state index is 0.614. The summed E-state index contributed by atoms with van der Waals surface area (Å²) >= 11 is 6.40. The molecule has 0 aromatic heterocycles. The summed E-state index contributed by atoms with van der Waals surface area (Å²) in [6, 6.07) is 0. The number of allylic oxidation sites excluding steroid dienone is 2. The van der Waals surface area contributed by atoms with Crippen LogP contribution in [0.4, 0.5) is 0 Å². The first-order valence-electron chi connectivity index (χ1n) is 6.18. The standard InChI is InChI=1S/C13H20S3/c1-13(2)10-4-3-9(11(13)6-10)5-12-15-7-14-8-16-12/h3,10-12H,4-8H2,1-2H3. The van der Waals surface area contributed by atoms with Gasteiger partial charge in [0.05, 0.1) is 4.58 Å². The maximum absolute atomic E-state index is 2.58. The molecule has 2 bridgehead atoms. The van der Waals surface area contributed by atoms with Gasteiger partial charge in [0.15, 0.2) is 0 Å². The summed E-state index contributed by atoms with van der Waals surface area (Å²) in [4.78, 5) is 0. The van der Waals surface area contributed by atoms with Crippen molar-refractivity contribution in [1.29, 1.82) is 0 Å². The molecule has 1 heterocycles. The highest BCUT2D eigenvalue weighted by atomic mass is 32.3. The Morgan fingerprint density at radius 3 is 2.69 bits per heavy atom. The first-order chi connectivity index (χ1) is 7.68. The number of hydrogen-bond acceptors (Lipinski definition) is 3. The van der Waals surface area contributed by atoms with E-state index in [9.17, 15) is 0 Å². The van der Waals surface area contributed by atoms with Gasteiger partial charge in [-0.25, -0.2) is 0 Å². The van der Waals surface area contributed by atoms with Gasteiger partial charge in [0, 0.05) is 10.2 Å². The molecule has 1 saturated carbocycles. The van der Waals surface area contributed by atoms with Crippen LogP contribution in [0.2, 0.25) is 0 Å². The average Bonchev–Trinajstić information content (AvgIpc) is 2.30. The van der Waals surface area contributed by atoms with Gasteiger partial charge in [0.25, 0.3) is 0 Å². The van der Waals surface area contributed by atoms with Crippen LogP contribution in [0.5, 0.6) is 0 Å². The van der Waals surface area contributed by atoms with E-state index in [1.165, 1.54) is 29.4 Å². The maximum Gasteiger partial charge on any atom is 0.0556 e. The summed E-state index contributed by atoms with van der Waals surface area (Å²) in [6.07, 6.45) is 6.77. The van der Waals surface area contributed by atoms with Crippen molar-refractivity contribution in [2.45, 2.75) is 37.7 Å². The Balaban J connectivity index is 1.65. The summed E-state index contributed by atoms with van der Waals surface area (Å²) < 4.78 is 0.848. The quantitative estimate of drug-likeness (QED) is 0.661. The summed E-state index contributed by atoms with van der Waals surface area (Å²) in [6.45, 7) is 4.96. The van der Waals surface area contributed by atoms with Crippen molar-refractivity contribution in [1.82, 2.24) is 0 Å².